The second kappa shape index (κ2) is 21.8. The largest absolute Gasteiger partial charge is 0.311 e. The van der Waals surface area contributed by atoms with E-state index >= 15 is 0 Å². The van der Waals surface area contributed by atoms with Crippen molar-refractivity contribution in [2.75, 3.05) is 24.5 Å². The van der Waals surface area contributed by atoms with Crippen LogP contribution in [0, 0.1) is 0 Å². The molecule has 0 aromatic heterocycles. The highest BCUT2D eigenvalue weighted by Gasteiger charge is 2.44. The van der Waals surface area contributed by atoms with Gasteiger partial charge in [0.2, 0.25) is 0 Å². The smallest absolute Gasteiger partial charge is 0.252 e. The van der Waals surface area contributed by atoms with Gasteiger partial charge in [0.1, 0.15) is 0 Å². The zero-order valence-corrected chi connectivity index (χ0v) is 46.1. The zero-order chi connectivity index (χ0) is 55.8. The van der Waals surface area contributed by atoms with Gasteiger partial charge in [0.25, 0.3) is 6.71 Å². The van der Waals surface area contributed by atoms with Crippen LogP contribution in [0.2, 0.25) is 0 Å². The van der Waals surface area contributed by atoms with Crippen LogP contribution < -0.4 is 40.9 Å². The first-order valence-corrected chi connectivity index (χ1v) is 28.8. The van der Waals surface area contributed by atoms with Crippen LogP contribution in [0.5, 0.6) is 0 Å². The van der Waals surface area contributed by atoms with Crippen molar-refractivity contribution < 1.29 is 0 Å². The standard InChI is InChI=1S/C78H56BN5/c1-9-29-59(30-10-1)80(60-31-11-2-12-32-60)67-55-76-78-77(56-67)84(66-43-23-8-24-44-66)75-52-50-58(69-46-26-28-48-73(69)82(63-37-17-5-18-38-63)64-39-19-6-20-40-64)54-71(75)79(78)70-53-57(49-51-74(70)83(76)65-41-21-7-22-42-65)68-45-25-27-47-72(68)81(61-33-13-3-14-34-61)62-35-15-4-16-36-62/h1-56H. The van der Waals surface area contributed by atoms with E-state index in [1.807, 2.05) is 0 Å². The molecular formula is C78H56BN5. The van der Waals surface area contributed by atoms with Crippen molar-refractivity contribution in [1.82, 2.24) is 0 Å². The van der Waals surface area contributed by atoms with E-state index in [0.717, 1.165) is 108 Å². The minimum atomic E-state index is -0.214. The van der Waals surface area contributed by atoms with E-state index in [1.165, 1.54) is 16.4 Å². The predicted octanol–water partition coefficient (Wildman–Crippen LogP) is 19.5. The molecule has 13 aromatic rings. The number of hydrogen-bond acceptors (Lipinski definition) is 5. The predicted molar refractivity (Wildman–Crippen MR) is 355 cm³/mol. The fraction of sp³-hybridized carbons (Fsp3) is 0. The lowest BCUT2D eigenvalue weighted by molar-refractivity contribution is 1.22. The first-order valence-electron chi connectivity index (χ1n) is 28.8. The topological polar surface area (TPSA) is 16.2 Å². The van der Waals surface area contributed by atoms with E-state index in [4.69, 9.17) is 0 Å². The molecule has 0 amide bonds. The van der Waals surface area contributed by atoms with Crippen molar-refractivity contribution in [1.29, 1.82) is 0 Å². The number of para-hydroxylation sites is 10. The molecule has 0 N–H and O–H groups in total. The zero-order valence-electron chi connectivity index (χ0n) is 46.1. The van der Waals surface area contributed by atoms with Crippen LogP contribution in [0.15, 0.2) is 340 Å². The Kier molecular flexibility index (Phi) is 12.9. The Bertz CT molecular complexity index is 4080. The van der Waals surface area contributed by atoms with E-state index in [1.54, 1.807) is 0 Å². The van der Waals surface area contributed by atoms with Crippen molar-refractivity contribution in [2.45, 2.75) is 0 Å². The normalized spacial score (nSPS) is 12.0. The SMILES string of the molecule is c1ccc(N(c2ccccc2)c2cc3c4c(c2)N(c2ccccc2)c2ccc(-c5ccccc5N(c5ccccc5)c5ccccc5)cc2B4c2cc(-c4ccccc4N(c4ccccc4)c4ccccc4)ccc2N3c2ccccc2)cc1. The Labute approximate surface area is 492 Å². The lowest BCUT2D eigenvalue weighted by atomic mass is 9.33. The van der Waals surface area contributed by atoms with Gasteiger partial charge in [-0.1, -0.05) is 206 Å². The van der Waals surface area contributed by atoms with Crippen LogP contribution in [0.1, 0.15) is 0 Å². The molecule has 2 heterocycles. The summed E-state index contributed by atoms with van der Waals surface area (Å²) >= 11 is 0. The van der Waals surface area contributed by atoms with E-state index < -0.39 is 0 Å². The molecule has 396 valence electrons. The molecule has 6 heteroatoms. The van der Waals surface area contributed by atoms with Crippen LogP contribution in [0.3, 0.4) is 0 Å². The highest BCUT2D eigenvalue weighted by atomic mass is 15.2. The number of anilines is 15. The average molecular weight is 1070 g/mol. The summed E-state index contributed by atoms with van der Waals surface area (Å²) < 4.78 is 0. The van der Waals surface area contributed by atoms with Crippen LogP contribution in [-0.4, -0.2) is 6.71 Å². The van der Waals surface area contributed by atoms with Gasteiger partial charge in [-0.15, -0.1) is 0 Å². The highest BCUT2D eigenvalue weighted by molar-refractivity contribution is 7.00. The van der Waals surface area contributed by atoms with Crippen molar-refractivity contribution in [3.63, 3.8) is 0 Å². The van der Waals surface area contributed by atoms with Crippen LogP contribution >= 0.6 is 0 Å². The molecule has 0 saturated heterocycles. The minimum Gasteiger partial charge on any atom is -0.311 e. The molecule has 84 heavy (non-hydrogen) atoms. The maximum atomic E-state index is 2.52. The molecule has 0 fully saturated rings. The molecule has 15 rings (SSSR count). The van der Waals surface area contributed by atoms with Crippen LogP contribution in [0.4, 0.5) is 85.3 Å². The average Bonchev–Trinajstić information content (AvgIpc) is 0.785. The third kappa shape index (κ3) is 8.94. The summed E-state index contributed by atoms with van der Waals surface area (Å²) in [6, 6.07) is 123. The molecule has 2 aliphatic heterocycles. The summed E-state index contributed by atoms with van der Waals surface area (Å²) in [5.41, 5.74) is 24.6. The van der Waals surface area contributed by atoms with Gasteiger partial charge in [0.15, 0.2) is 0 Å². The number of benzene rings is 13. The summed E-state index contributed by atoms with van der Waals surface area (Å²) in [6.45, 7) is -0.214. The number of nitrogens with zero attached hydrogens (tertiary/aromatic N) is 5. The molecule has 0 saturated carbocycles. The fourth-order valence-electron chi connectivity index (χ4n) is 12.8. The van der Waals surface area contributed by atoms with E-state index in [9.17, 15) is 0 Å². The van der Waals surface area contributed by atoms with Gasteiger partial charge in [-0.2, -0.15) is 0 Å². The molecular weight excluding hydrogens is 1020 g/mol. The summed E-state index contributed by atoms with van der Waals surface area (Å²) in [6.07, 6.45) is 0. The molecule has 2 aliphatic rings. The minimum absolute atomic E-state index is 0.214. The maximum Gasteiger partial charge on any atom is 0.252 e. The Hall–Kier alpha value is -11.1. The Morgan fingerprint density at radius 2 is 0.512 bits per heavy atom. The summed E-state index contributed by atoms with van der Waals surface area (Å²) in [5, 5.41) is 0. The van der Waals surface area contributed by atoms with Gasteiger partial charge in [0.05, 0.1) is 17.1 Å². The molecule has 13 aromatic carbocycles. The molecule has 0 bridgehead atoms. The molecule has 0 aliphatic carbocycles. The van der Waals surface area contributed by atoms with Crippen LogP contribution in [0.25, 0.3) is 22.3 Å². The highest BCUT2D eigenvalue weighted by Crippen LogP contribution is 2.50. The summed E-state index contributed by atoms with van der Waals surface area (Å²) in [5.74, 6) is 0. The molecule has 0 spiro atoms. The lowest BCUT2D eigenvalue weighted by Gasteiger charge is -2.45. The summed E-state index contributed by atoms with van der Waals surface area (Å²) in [4.78, 5) is 12.2. The third-order valence-electron chi connectivity index (χ3n) is 16.3. The van der Waals surface area contributed by atoms with Gasteiger partial charge in [0, 0.05) is 79.4 Å². The van der Waals surface area contributed by atoms with Gasteiger partial charge >= 0.3 is 0 Å². The van der Waals surface area contributed by atoms with E-state index in [-0.39, 0.29) is 6.71 Å². The van der Waals surface area contributed by atoms with E-state index in [0.29, 0.717) is 0 Å². The van der Waals surface area contributed by atoms with Crippen molar-refractivity contribution in [3.05, 3.63) is 340 Å². The maximum absolute atomic E-state index is 2.52. The second-order valence-electron chi connectivity index (χ2n) is 21.3. The first kappa shape index (κ1) is 49.9. The second-order valence-corrected chi connectivity index (χ2v) is 21.3. The van der Waals surface area contributed by atoms with Crippen molar-refractivity contribution in [3.8, 4) is 22.3 Å². The Balaban J connectivity index is 1.02. The quantitative estimate of drug-likeness (QED) is 0.107. The first-order chi connectivity index (χ1) is 41.7. The fourth-order valence-corrected chi connectivity index (χ4v) is 12.8. The monoisotopic (exact) mass is 1070 g/mol. The van der Waals surface area contributed by atoms with Gasteiger partial charge in [-0.05, 0) is 161 Å². The Morgan fingerprint density at radius 1 is 0.226 bits per heavy atom. The number of hydrogen-bond donors (Lipinski definition) is 0. The van der Waals surface area contributed by atoms with Gasteiger partial charge in [-0.3, -0.25) is 0 Å². The molecule has 5 nitrogen and oxygen atoms in total. The number of fused-ring (bicyclic) bond motifs is 4. The Morgan fingerprint density at radius 3 is 0.845 bits per heavy atom. The molecule has 0 radical (unpaired) electrons. The van der Waals surface area contributed by atoms with Crippen LogP contribution in [-0.2, 0) is 0 Å². The van der Waals surface area contributed by atoms with Crippen molar-refractivity contribution >= 4 is 108 Å². The van der Waals surface area contributed by atoms with Gasteiger partial charge < -0.3 is 24.5 Å². The van der Waals surface area contributed by atoms with Crippen molar-refractivity contribution in [2.24, 2.45) is 0 Å². The lowest BCUT2D eigenvalue weighted by Crippen LogP contribution is -2.61. The van der Waals surface area contributed by atoms with Gasteiger partial charge in [-0.25, -0.2) is 0 Å². The summed E-state index contributed by atoms with van der Waals surface area (Å²) in [7, 11) is 0. The van der Waals surface area contributed by atoms with E-state index in [2.05, 4.69) is 364 Å². The molecule has 0 atom stereocenters. The third-order valence-corrected chi connectivity index (χ3v) is 16.3. The molecule has 0 unspecified atom stereocenters. The number of rotatable bonds is 13.